The molecule has 0 fully saturated rings. The van der Waals surface area contributed by atoms with Crippen molar-refractivity contribution in [2.75, 3.05) is 26.9 Å². The molecule has 2 aromatic rings. The molecule has 0 saturated heterocycles. The molecule has 0 aliphatic heterocycles. The molecule has 0 spiro atoms. The summed E-state index contributed by atoms with van der Waals surface area (Å²) in [7, 11) is 1.07. The first-order valence-electron chi connectivity index (χ1n) is 10.7. The maximum Gasteiger partial charge on any atom is 0.437 e. The topological polar surface area (TPSA) is 49.3 Å². The predicted molar refractivity (Wildman–Crippen MR) is 122 cm³/mol. The fourth-order valence-corrected chi connectivity index (χ4v) is 3.12. The van der Waals surface area contributed by atoms with Crippen LogP contribution < -0.4 is 14.2 Å². The van der Waals surface area contributed by atoms with Gasteiger partial charge in [0.15, 0.2) is 5.71 Å². The highest BCUT2D eigenvalue weighted by Crippen LogP contribution is 2.29. The average molecular weight is 466 g/mol. The van der Waals surface area contributed by atoms with Crippen LogP contribution in [0.15, 0.2) is 53.7 Å². The van der Waals surface area contributed by atoms with Crippen LogP contribution in [0.3, 0.4) is 0 Å². The van der Waals surface area contributed by atoms with Gasteiger partial charge in [-0.15, -0.1) is 0 Å². The second kappa shape index (κ2) is 12.8. The summed E-state index contributed by atoms with van der Waals surface area (Å²) in [5.74, 6) is 1.97. The van der Waals surface area contributed by atoms with Crippen molar-refractivity contribution in [2.24, 2.45) is 5.16 Å². The van der Waals surface area contributed by atoms with Gasteiger partial charge in [-0.25, -0.2) is 0 Å². The number of oxime groups is 1. The van der Waals surface area contributed by atoms with E-state index in [-0.39, 0.29) is 5.56 Å². The normalized spacial score (nSPS) is 12.2. The van der Waals surface area contributed by atoms with E-state index in [9.17, 15) is 13.2 Å². The first-order valence-corrected chi connectivity index (χ1v) is 10.7. The first kappa shape index (κ1) is 26.1. The molecular formula is C25H30F3NO4. The highest BCUT2D eigenvalue weighted by molar-refractivity contribution is 6.04. The number of allylic oxidation sites excluding steroid dienone is 1. The van der Waals surface area contributed by atoms with Crippen molar-refractivity contribution in [3.05, 3.63) is 65.2 Å². The maximum atomic E-state index is 13.1. The molecule has 180 valence electrons. The highest BCUT2D eigenvalue weighted by Gasteiger charge is 2.38. The molecule has 0 saturated carbocycles. The number of rotatable bonds is 12. The van der Waals surface area contributed by atoms with Crippen LogP contribution >= 0.6 is 0 Å². The Morgan fingerprint density at radius 2 is 1.61 bits per heavy atom. The van der Waals surface area contributed by atoms with Crippen LogP contribution in [0.5, 0.6) is 17.2 Å². The van der Waals surface area contributed by atoms with Crippen LogP contribution in [0.4, 0.5) is 13.2 Å². The molecule has 33 heavy (non-hydrogen) atoms. The third kappa shape index (κ3) is 8.36. The van der Waals surface area contributed by atoms with Crippen molar-refractivity contribution in [3.8, 4) is 17.2 Å². The lowest BCUT2D eigenvalue weighted by molar-refractivity contribution is -0.0608. The zero-order chi connectivity index (χ0) is 24.3. The number of halogens is 3. The number of hydrogen-bond donors (Lipinski definition) is 0. The lowest BCUT2D eigenvalue weighted by Crippen LogP contribution is -2.24. The lowest BCUT2D eigenvalue weighted by atomic mass is 10.1. The van der Waals surface area contributed by atoms with Gasteiger partial charge in [-0.3, -0.25) is 0 Å². The highest BCUT2D eigenvalue weighted by atomic mass is 19.4. The Kier molecular flexibility index (Phi) is 10.1. The van der Waals surface area contributed by atoms with Gasteiger partial charge in [-0.2, -0.15) is 13.2 Å². The smallest absolute Gasteiger partial charge is 0.437 e. The third-order valence-electron chi connectivity index (χ3n) is 4.63. The molecule has 0 aliphatic carbocycles. The zero-order valence-corrected chi connectivity index (χ0v) is 19.4. The number of ether oxygens (including phenoxy) is 3. The molecule has 5 nitrogen and oxygen atoms in total. The van der Waals surface area contributed by atoms with E-state index in [2.05, 4.69) is 9.99 Å². The number of unbranched alkanes of at least 4 members (excludes halogenated alkanes) is 1. The molecular weight excluding hydrogens is 435 g/mol. The molecule has 0 heterocycles. The molecule has 0 amide bonds. The van der Waals surface area contributed by atoms with Crippen LogP contribution in [-0.2, 0) is 4.84 Å². The lowest BCUT2D eigenvalue weighted by Gasteiger charge is -2.14. The van der Waals surface area contributed by atoms with E-state index in [0.29, 0.717) is 32.0 Å². The van der Waals surface area contributed by atoms with Crippen molar-refractivity contribution in [1.29, 1.82) is 0 Å². The SMILES string of the molecule is C/C=C/COc1cc(C)c(OCCCCOc2cccc(/C(=N/OC)C(F)(F)F)c2)c(C)c1. The van der Waals surface area contributed by atoms with E-state index in [0.717, 1.165) is 36.2 Å². The van der Waals surface area contributed by atoms with Gasteiger partial charge >= 0.3 is 6.18 Å². The van der Waals surface area contributed by atoms with Crippen molar-refractivity contribution in [2.45, 2.75) is 39.8 Å². The summed E-state index contributed by atoms with van der Waals surface area (Å²) in [6.07, 6.45) is 0.671. The number of benzene rings is 2. The molecule has 2 rings (SSSR count). The minimum absolute atomic E-state index is 0.116. The minimum Gasteiger partial charge on any atom is -0.494 e. The van der Waals surface area contributed by atoms with Crippen molar-refractivity contribution in [3.63, 3.8) is 0 Å². The molecule has 2 aromatic carbocycles. The molecule has 0 N–H and O–H groups in total. The van der Waals surface area contributed by atoms with Gasteiger partial charge in [-0.1, -0.05) is 29.4 Å². The predicted octanol–water partition coefficient (Wildman–Crippen LogP) is 6.41. The molecule has 0 unspecified atom stereocenters. The maximum absolute atomic E-state index is 13.1. The van der Waals surface area contributed by atoms with Gasteiger partial charge in [0.05, 0.1) is 13.2 Å². The minimum atomic E-state index is -4.63. The Balaban J connectivity index is 1.82. The van der Waals surface area contributed by atoms with E-state index >= 15 is 0 Å². The van der Waals surface area contributed by atoms with E-state index < -0.39 is 11.9 Å². The molecule has 8 heteroatoms. The Bertz CT molecular complexity index is 932. The summed E-state index contributed by atoms with van der Waals surface area (Å²) in [6, 6.07) is 9.60. The summed E-state index contributed by atoms with van der Waals surface area (Å²) in [5.41, 5.74) is 0.774. The summed E-state index contributed by atoms with van der Waals surface area (Å²) in [4.78, 5) is 4.34. The zero-order valence-electron chi connectivity index (χ0n) is 19.4. The van der Waals surface area contributed by atoms with Crippen molar-refractivity contribution < 1.29 is 32.2 Å². The van der Waals surface area contributed by atoms with E-state index in [1.165, 1.54) is 18.2 Å². The standard InChI is InChI=1S/C25H30F3NO4/c1-5-6-12-32-22-15-18(2)23(19(3)16-22)33-14-8-7-13-31-21-11-9-10-20(17-21)24(29-30-4)25(26,27)28/h5-6,9-11,15-17H,7-8,12-14H2,1-4H3/b6-5+,29-24-. The average Bonchev–Trinajstić information content (AvgIpc) is 2.75. The molecule has 0 bridgehead atoms. The van der Waals surface area contributed by atoms with Gasteiger partial charge in [0.1, 0.15) is 31.0 Å². The summed E-state index contributed by atoms with van der Waals surface area (Å²) < 4.78 is 56.6. The summed E-state index contributed by atoms with van der Waals surface area (Å²) >= 11 is 0. The first-order chi connectivity index (χ1) is 15.8. The Hall–Kier alpha value is -3.16. The second-order valence-electron chi connectivity index (χ2n) is 7.32. The quantitative estimate of drug-likeness (QED) is 0.157. The van der Waals surface area contributed by atoms with Crippen LogP contribution in [0.25, 0.3) is 0 Å². The van der Waals surface area contributed by atoms with Crippen molar-refractivity contribution in [1.82, 2.24) is 0 Å². The fraction of sp³-hybridized carbons (Fsp3) is 0.400. The molecule has 0 radical (unpaired) electrons. The van der Waals surface area contributed by atoms with E-state index in [1.807, 2.05) is 45.1 Å². The number of alkyl halides is 3. The van der Waals surface area contributed by atoms with Crippen molar-refractivity contribution >= 4 is 5.71 Å². The van der Waals surface area contributed by atoms with Crippen LogP contribution in [-0.4, -0.2) is 38.8 Å². The van der Waals surface area contributed by atoms with Gasteiger partial charge in [0, 0.05) is 5.56 Å². The fourth-order valence-electron chi connectivity index (χ4n) is 3.12. The molecule has 0 aromatic heterocycles. The monoisotopic (exact) mass is 465 g/mol. The van der Waals surface area contributed by atoms with Gasteiger partial charge < -0.3 is 19.0 Å². The van der Waals surface area contributed by atoms with Crippen LogP contribution in [0, 0.1) is 13.8 Å². The molecule has 0 atom stereocenters. The van der Waals surface area contributed by atoms with E-state index in [1.54, 1.807) is 6.07 Å². The van der Waals surface area contributed by atoms with E-state index in [4.69, 9.17) is 14.2 Å². The van der Waals surface area contributed by atoms with Gasteiger partial charge in [0.25, 0.3) is 0 Å². The van der Waals surface area contributed by atoms with Crippen LogP contribution in [0.1, 0.15) is 36.5 Å². The van der Waals surface area contributed by atoms with Gasteiger partial charge in [-0.05, 0) is 69.0 Å². The Morgan fingerprint density at radius 3 is 2.21 bits per heavy atom. The number of hydrogen-bond acceptors (Lipinski definition) is 5. The van der Waals surface area contributed by atoms with Crippen LogP contribution in [0.2, 0.25) is 0 Å². The molecule has 0 aliphatic rings. The second-order valence-corrected chi connectivity index (χ2v) is 7.32. The largest absolute Gasteiger partial charge is 0.494 e. The van der Waals surface area contributed by atoms with Gasteiger partial charge in [0.2, 0.25) is 0 Å². The Labute approximate surface area is 192 Å². The summed E-state index contributed by atoms with van der Waals surface area (Å²) in [5, 5.41) is 3.10. The third-order valence-corrected chi connectivity index (χ3v) is 4.63. The summed E-state index contributed by atoms with van der Waals surface area (Å²) in [6.45, 7) is 7.27. The number of nitrogens with zero attached hydrogens (tertiary/aromatic N) is 1. The number of aryl methyl sites for hydroxylation is 2. The Morgan fingerprint density at radius 1 is 0.939 bits per heavy atom.